The number of amides is 1. The summed E-state index contributed by atoms with van der Waals surface area (Å²) in [6.07, 6.45) is 1.79. The molecular weight excluding hydrogens is 470 g/mol. The molecule has 0 saturated carbocycles. The Morgan fingerprint density at radius 1 is 0.889 bits per heavy atom. The first-order chi connectivity index (χ1) is 17.4. The molecule has 36 heavy (non-hydrogen) atoms. The second kappa shape index (κ2) is 13.5. The summed E-state index contributed by atoms with van der Waals surface area (Å²) in [5.74, 6) is -0.351. The molecule has 0 spiro atoms. The molecule has 0 atom stereocenters. The Kier molecular flexibility index (Phi) is 10.1. The summed E-state index contributed by atoms with van der Waals surface area (Å²) in [6, 6.07) is 6.61. The number of fused-ring (bicyclic) bond motifs is 1. The van der Waals surface area contributed by atoms with Crippen LogP contribution in [0.3, 0.4) is 0 Å². The molecule has 3 rings (SSSR count). The SMILES string of the molecule is CCOC(=O)Oc1c2ccc(CC(=O)NOCCN3CCCCC3)ccc-2c(OC(=O)OCC)c1N. The van der Waals surface area contributed by atoms with E-state index in [4.69, 9.17) is 29.5 Å². The number of anilines is 1. The second-order valence-electron chi connectivity index (χ2n) is 8.16. The molecule has 2 aliphatic carbocycles. The number of hydrogen-bond donors (Lipinski definition) is 2. The van der Waals surface area contributed by atoms with Crippen LogP contribution >= 0.6 is 0 Å². The van der Waals surface area contributed by atoms with Crippen LogP contribution in [-0.2, 0) is 25.5 Å². The number of ether oxygens (including phenoxy) is 4. The van der Waals surface area contributed by atoms with Crippen LogP contribution in [0.5, 0.6) is 11.5 Å². The third kappa shape index (κ3) is 7.46. The Morgan fingerprint density at radius 2 is 1.44 bits per heavy atom. The van der Waals surface area contributed by atoms with Gasteiger partial charge in [-0.25, -0.2) is 15.1 Å². The van der Waals surface area contributed by atoms with Crippen LogP contribution in [0.2, 0.25) is 0 Å². The number of hydrogen-bond acceptors (Lipinski definition) is 10. The van der Waals surface area contributed by atoms with Gasteiger partial charge in [-0.1, -0.05) is 30.7 Å². The van der Waals surface area contributed by atoms with Crippen LogP contribution in [0.25, 0.3) is 11.1 Å². The predicted molar refractivity (Wildman–Crippen MR) is 131 cm³/mol. The van der Waals surface area contributed by atoms with Gasteiger partial charge in [0, 0.05) is 17.7 Å². The highest BCUT2D eigenvalue weighted by Crippen LogP contribution is 2.50. The summed E-state index contributed by atoms with van der Waals surface area (Å²) < 4.78 is 20.2. The zero-order valence-electron chi connectivity index (χ0n) is 20.7. The largest absolute Gasteiger partial charge is 0.513 e. The number of nitrogens with two attached hydrogens (primary N) is 1. The summed E-state index contributed by atoms with van der Waals surface area (Å²) in [5.41, 5.74) is 9.98. The minimum Gasteiger partial charge on any atom is -0.434 e. The van der Waals surface area contributed by atoms with Gasteiger partial charge in [0.25, 0.3) is 0 Å². The summed E-state index contributed by atoms with van der Waals surface area (Å²) in [5, 5.41) is 0. The lowest BCUT2D eigenvalue weighted by molar-refractivity contribution is -0.133. The number of nitrogen functional groups attached to an aromatic ring is 1. The number of piperidine rings is 1. The topological polar surface area (TPSA) is 139 Å². The predicted octanol–water partition coefficient (Wildman–Crippen LogP) is 3.52. The lowest BCUT2D eigenvalue weighted by atomic mass is 10.1. The molecule has 0 aromatic carbocycles. The first-order valence-corrected chi connectivity index (χ1v) is 12.1. The number of nitrogens with one attached hydrogen (secondary N) is 1. The zero-order valence-corrected chi connectivity index (χ0v) is 20.7. The number of carbonyl (C=O) groups excluding carboxylic acids is 3. The van der Waals surface area contributed by atoms with Crippen molar-refractivity contribution in [2.75, 3.05) is 45.2 Å². The van der Waals surface area contributed by atoms with Crippen molar-refractivity contribution in [2.24, 2.45) is 0 Å². The van der Waals surface area contributed by atoms with Gasteiger partial charge in [0.05, 0.1) is 26.2 Å². The third-order valence-corrected chi connectivity index (χ3v) is 5.60. The van der Waals surface area contributed by atoms with E-state index in [1.165, 1.54) is 19.3 Å². The summed E-state index contributed by atoms with van der Waals surface area (Å²) >= 11 is 0. The molecule has 1 heterocycles. The Hall–Kier alpha value is -3.57. The van der Waals surface area contributed by atoms with E-state index < -0.39 is 12.3 Å². The van der Waals surface area contributed by atoms with E-state index in [0.29, 0.717) is 23.3 Å². The molecule has 3 aliphatic rings. The van der Waals surface area contributed by atoms with Gasteiger partial charge in [0.2, 0.25) is 5.91 Å². The minimum absolute atomic E-state index is 0.0182. The smallest absolute Gasteiger partial charge is 0.434 e. The van der Waals surface area contributed by atoms with Crippen molar-refractivity contribution >= 4 is 23.9 Å². The van der Waals surface area contributed by atoms with Crippen molar-refractivity contribution in [2.45, 2.75) is 39.5 Å². The third-order valence-electron chi connectivity index (χ3n) is 5.60. The average Bonchev–Trinajstić information content (AvgIpc) is 2.98. The van der Waals surface area contributed by atoms with Gasteiger partial charge in [0.1, 0.15) is 5.69 Å². The fourth-order valence-electron chi connectivity index (χ4n) is 3.91. The molecule has 196 valence electrons. The first-order valence-electron chi connectivity index (χ1n) is 12.1. The van der Waals surface area contributed by atoms with Gasteiger partial charge >= 0.3 is 12.3 Å². The first kappa shape index (κ1) is 27.0. The molecule has 0 aromatic heterocycles. The summed E-state index contributed by atoms with van der Waals surface area (Å²) in [4.78, 5) is 44.0. The van der Waals surface area contributed by atoms with Gasteiger partial charge < -0.3 is 29.6 Å². The van der Waals surface area contributed by atoms with Gasteiger partial charge in [-0.05, 0) is 45.3 Å². The van der Waals surface area contributed by atoms with Crippen LogP contribution in [0, 0.1) is 0 Å². The van der Waals surface area contributed by atoms with E-state index in [-0.39, 0.29) is 42.7 Å². The Labute approximate surface area is 210 Å². The molecule has 3 N–H and O–H groups in total. The molecule has 0 aromatic rings. The molecule has 1 fully saturated rings. The second-order valence-corrected chi connectivity index (χ2v) is 8.16. The van der Waals surface area contributed by atoms with Gasteiger partial charge in [-0.15, -0.1) is 0 Å². The number of hydroxylamine groups is 1. The molecule has 1 saturated heterocycles. The van der Waals surface area contributed by atoms with E-state index >= 15 is 0 Å². The monoisotopic (exact) mass is 503 g/mol. The van der Waals surface area contributed by atoms with Crippen LogP contribution in [-0.4, -0.2) is 62.6 Å². The molecule has 1 aliphatic heterocycles. The molecule has 0 radical (unpaired) electrons. The van der Waals surface area contributed by atoms with Crippen LogP contribution in [0.4, 0.5) is 15.3 Å². The van der Waals surface area contributed by atoms with Crippen molar-refractivity contribution in [3.8, 4) is 22.6 Å². The van der Waals surface area contributed by atoms with Crippen LogP contribution in [0.1, 0.15) is 38.7 Å². The number of carbonyl (C=O) groups is 3. The van der Waals surface area contributed by atoms with Crippen LogP contribution < -0.4 is 20.7 Å². The molecule has 0 bridgehead atoms. The zero-order chi connectivity index (χ0) is 25.9. The maximum Gasteiger partial charge on any atom is 0.513 e. The molecule has 1 amide bonds. The highest BCUT2D eigenvalue weighted by atomic mass is 16.7. The highest BCUT2D eigenvalue weighted by molar-refractivity contribution is 5.95. The van der Waals surface area contributed by atoms with Gasteiger partial charge in [0.15, 0.2) is 11.5 Å². The highest BCUT2D eigenvalue weighted by Gasteiger charge is 2.28. The Morgan fingerprint density at radius 3 is 1.97 bits per heavy atom. The standard InChI is InChI=1S/C25H33N3O8/c1-3-32-24(30)35-22-18-10-8-17(9-11-19(18)23(21(22)26)36-25(31)33-4-2)16-20(29)27-34-15-14-28-12-6-5-7-13-28/h8-11H,3-7,12-16,26H2,1-2H3,(H,27,29). The maximum absolute atomic E-state index is 12.4. The quantitative estimate of drug-likeness (QED) is 0.281. The van der Waals surface area contributed by atoms with Crippen molar-refractivity contribution in [1.29, 1.82) is 0 Å². The molecule has 0 unspecified atom stereocenters. The molecular formula is C25H33N3O8. The summed E-state index contributed by atoms with van der Waals surface area (Å²) in [7, 11) is 0. The Balaban J connectivity index is 1.71. The Bertz CT molecular complexity index is 965. The van der Waals surface area contributed by atoms with E-state index in [2.05, 4.69) is 10.4 Å². The fourth-order valence-corrected chi connectivity index (χ4v) is 3.91. The van der Waals surface area contributed by atoms with Crippen molar-refractivity contribution in [1.82, 2.24) is 10.4 Å². The number of likely N-dealkylation sites (tertiary alicyclic amines) is 1. The van der Waals surface area contributed by atoms with E-state index in [9.17, 15) is 14.4 Å². The summed E-state index contributed by atoms with van der Waals surface area (Å²) in [6.45, 7) is 6.78. The van der Waals surface area contributed by atoms with E-state index in [0.717, 1.165) is 19.6 Å². The lowest BCUT2D eigenvalue weighted by Gasteiger charge is -2.25. The average molecular weight is 504 g/mol. The van der Waals surface area contributed by atoms with Crippen LogP contribution in [0.15, 0.2) is 24.3 Å². The van der Waals surface area contributed by atoms with Gasteiger partial charge in [-0.3, -0.25) is 9.63 Å². The normalized spacial score (nSPS) is 13.7. The minimum atomic E-state index is -0.952. The molecule has 11 nitrogen and oxygen atoms in total. The van der Waals surface area contributed by atoms with Crippen molar-refractivity contribution < 1.29 is 38.2 Å². The van der Waals surface area contributed by atoms with Gasteiger partial charge in [-0.2, -0.15) is 0 Å². The van der Waals surface area contributed by atoms with Crippen molar-refractivity contribution in [3.05, 3.63) is 29.8 Å². The number of rotatable bonds is 10. The van der Waals surface area contributed by atoms with E-state index in [1.54, 1.807) is 38.1 Å². The molecule has 11 heteroatoms. The maximum atomic E-state index is 12.4. The lowest BCUT2D eigenvalue weighted by Crippen LogP contribution is -2.35. The fraction of sp³-hybridized carbons (Fsp3) is 0.480. The van der Waals surface area contributed by atoms with E-state index in [1.807, 2.05) is 0 Å². The number of nitrogens with zero attached hydrogens (tertiary/aromatic N) is 1. The van der Waals surface area contributed by atoms with Crippen molar-refractivity contribution in [3.63, 3.8) is 0 Å².